The standard InChI is InChI=1S/C17H20N2O5S/c1-12-10-15(8-9-16(12)24-3)25(21,22)18-11-17(20)19-13-4-6-14(23-2)7-5-13/h4-10,18H,11H2,1-3H3,(H,19,20). The van der Waals surface area contributed by atoms with Crippen molar-refractivity contribution in [1.82, 2.24) is 4.72 Å². The lowest BCUT2D eigenvalue weighted by atomic mass is 10.2. The maximum atomic E-state index is 12.3. The van der Waals surface area contributed by atoms with Gasteiger partial charge in [-0.3, -0.25) is 4.79 Å². The van der Waals surface area contributed by atoms with E-state index in [0.717, 1.165) is 0 Å². The van der Waals surface area contributed by atoms with E-state index in [1.54, 1.807) is 44.4 Å². The topological polar surface area (TPSA) is 93.7 Å². The van der Waals surface area contributed by atoms with Crippen LogP contribution in [0.15, 0.2) is 47.4 Å². The van der Waals surface area contributed by atoms with Gasteiger partial charge in [0.05, 0.1) is 25.7 Å². The predicted octanol–water partition coefficient (Wildman–Crippen LogP) is 1.93. The maximum absolute atomic E-state index is 12.3. The van der Waals surface area contributed by atoms with Crippen LogP contribution in [0, 0.1) is 6.92 Å². The highest BCUT2D eigenvalue weighted by Gasteiger charge is 2.16. The van der Waals surface area contributed by atoms with E-state index in [2.05, 4.69) is 10.0 Å². The van der Waals surface area contributed by atoms with Crippen LogP contribution in [-0.4, -0.2) is 35.1 Å². The number of amides is 1. The molecule has 0 unspecified atom stereocenters. The first-order valence-electron chi connectivity index (χ1n) is 7.44. The number of methoxy groups -OCH3 is 2. The second kappa shape index (κ2) is 8.00. The minimum Gasteiger partial charge on any atom is -0.497 e. The number of aryl methyl sites for hydroxylation is 1. The van der Waals surface area contributed by atoms with Crippen molar-refractivity contribution >= 4 is 21.6 Å². The maximum Gasteiger partial charge on any atom is 0.241 e. The van der Waals surface area contributed by atoms with Gasteiger partial charge in [-0.15, -0.1) is 0 Å². The van der Waals surface area contributed by atoms with Crippen molar-refractivity contribution in [2.75, 3.05) is 26.1 Å². The first-order chi connectivity index (χ1) is 11.9. The Labute approximate surface area is 147 Å². The van der Waals surface area contributed by atoms with Crippen molar-refractivity contribution < 1.29 is 22.7 Å². The molecule has 1 amide bonds. The Morgan fingerprint density at radius 3 is 2.28 bits per heavy atom. The molecule has 0 saturated heterocycles. The Morgan fingerprint density at radius 1 is 1.04 bits per heavy atom. The third-order valence-electron chi connectivity index (χ3n) is 3.47. The van der Waals surface area contributed by atoms with Crippen molar-refractivity contribution in [3.8, 4) is 11.5 Å². The second-order valence-electron chi connectivity index (χ2n) is 5.23. The summed E-state index contributed by atoms with van der Waals surface area (Å²) >= 11 is 0. The molecule has 0 radical (unpaired) electrons. The van der Waals surface area contributed by atoms with Gasteiger partial charge in [0.25, 0.3) is 0 Å². The summed E-state index contributed by atoms with van der Waals surface area (Å²) < 4.78 is 37.0. The summed E-state index contributed by atoms with van der Waals surface area (Å²) in [6, 6.07) is 11.2. The molecule has 2 aromatic rings. The van der Waals surface area contributed by atoms with Gasteiger partial charge in [0, 0.05) is 5.69 Å². The summed E-state index contributed by atoms with van der Waals surface area (Å²) in [6.07, 6.45) is 0. The van der Waals surface area contributed by atoms with Gasteiger partial charge in [-0.2, -0.15) is 0 Å². The summed E-state index contributed by atoms with van der Waals surface area (Å²) in [5.74, 6) is 0.781. The first-order valence-corrected chi connectivity index (χ1v) is 8.92. The second-order valence-corrected chi connectivity index (χ2v) is 7.00. The van der Waals surface area contributed by atoms with Gasteiger partial charge < -0.3 is 14.8 Å². The Balaban J connectivity index is 1.98. The number of anilines is 1. The molecule has 0 fully saturated rings. The lowest BCUT2D eigenvalue weighted by molar-refractivity contribution is -0.115. The molecule has 0 heterocycles. The summed E-state index contributed by atoms with van der Waals surface area (Å²) in [6.45, 7) is 1.37. The summed E-state index contributed by atoms with van der Waals surface area (Å²) in [4.78, 5) is 12.0. The number of hydrogen-bond donors (Lipinski definition) is 2. The molecule has 25 heavy (non-hydrogen) atoms. The molecule has 0 aliphatic carbocycles. The van der Waals surface area contributed by atoms with Crippen LogP contribution in [0.5, 0.6) is 11.5 Å². The summed E-state index contributed by atoms with van der Waals surface area (Å²) in [5, 5.41) is 2.61. The molecule has 134 valence electrons. The van der Waals surface area contributed by atoms with Crippen LogP contribution >= 0.6 is 0 Å². The smallest absolute Gasteiger partial charge is 0.241 e. The van der Waals surface area contributed by atoms with E-state index < -0.39 is 15.9 Å². The van der Waals surface area contributed by atoms with Crippen LogP contribution in [0.25, 0.3) is 0 Å². The molecule has 0 atom stereocenters. The van der Waals surface area contributed by atoms with Crippen molar-refractivity contribution in [2.24, 2.45) is 0 Å². The van der Waals surface area contributed by atoms with E-state index in [-0.39, 0.29) is 11.4 Å². The molecule has 0 aliphatic heterocycles. The van der Waals surface area contributed by atoms with E-state index >= 15 is 0 Å². The normalized spacial score (nSPS) is 11.0. The Bertz CT molecular complexity index is 848. The first kappa shape index (κ1) is 18.8. The number of hydrogen-bond acceptors (Lipinski definition) is 5. The van der Waals surface area contributed by atoms with Crippen molar-refractivity contribution in [3.05, 3.63) is 48.0 Å². The lowest BCUT2D eigenvalue weighted by Crippen LogP contribution is -2.32. The fourth-order valence-corrected chi connectivity index (χ4v) is 3.21. The highest BCUT2D eigenvalue weighted by atomic mass is 32.2. The molecule has 2 aromatic carbocycles. The molecule has 0 spiro atoms. The molecule has 7 nitrogen and oxygen atoms in total. The van der Waals surface area contributed by atoms with Gasteiger partial charge in [-0.25, -0.2) is 13.1 Å². The van der Waals surface area contributed by atoms with E-state index in [1.807, 2.05) is 0 Å². The van der Waals surface area contributed by atoms with Gasteiger partial charge in [0.15, 0.2) is 0 Å². The van der Waals surface area contributed by atoms with Crippen LogP contribution < -0.4 is 19.5 Å². The van der Waals surface area contributed by atoms with E-state index in [4.69, 9.17) is 9.47 Å². The quantitative estimate of drug-likeness (QED) is 0.783. The van der Waals surface area contributed by atoms with Gasteiger partial charge >= 0.3 is 0 Å². The van der Waals surface area contributed by atoms with Crippen molar-refractivity contribution in [1.29, 1.82) is 0 Å². The molecule has 2 N–H and O–H groups in total. The SMILES string of the molecule is COc1ccc(NC(=O)CNS(=O)(=O)c2ccc(OC)c(C)c2)cc1. The number of benzene rings is 2. The van der Waals surface area contributed by atoms with Gasteiger partial charge in [-0.1, -0.05) is 0 Å². The number of sulfonamides is 1. The van der Waals surface area contributed by atoms with Crippen LogP contribution in [0.4, 0.5) is 5.69 Å². The van der Waals surface area contributed by atoms with Crippen LogP contribution in [-0.2, 0) is 14.8 Å². The van der Waals surface area contributed by atoms with Crippen molar-refractivity contribution in [3.63, 3.8) is 0 Å². The summed E-state index contributed by atoms with van der Waals surface area (Å²) in [7, 11) is -0.735. The third-order valence-corrected chi connectivity index (χ3v) is 4.87. The number of carbonyl (C=O) groups is 1. The number of nitrogens with one attached hydrogen (secondary N) is 2. The average Bonchev–Trinajstić information content (AvgIpc) is 2.60. The van der Waals surface area contributed by atoms with Crippen LogP contribution in [0.3, 0.4) is 0 Å². The highest BCUT2D eigenvalue weighted by molar-refractivity contribution is 7.89. The van der Waals surface area contributed by atoms with Crippen LogP contribution in [0.1, 0.15) is 5.56 Å². The molecular weight excluding hydrogens is 344 g/mol. The molecule has 2 rings (SSSR count). The van der Waals surface area contributed by atoms with Gasteiger partial charge in [0.2, 0.25) is 15.9 Å². The number of carbonyl (C=O) groups excluding carboxylic acids is 1. The van der Waals surface area contributed by atoms with Crippen LogP contribution in [0.2, 0.25) is 0 Å². The molecule has 0 aliphatic rings. The minimum absolute atomic E-state index is 0.0723. The zero-order chi connectivity index (χ0) is 18.4. The fraction of sp³-hybridized carbons (Fsp3) is 0.235. The highest BCUT2D eigenvalue weighted by Crippen LogP contribution is 2.21. The minimum atomic E-state index is -3.79. The zero-order valence-corrected chi connectivity index (χ0v) is 15.0. The number of ether oxygens (including phenoxy) is 2. The zero-order valence-electron chi connectivity index (χ0n) is 14.2. The van der Waals surface area contributed by atoms with E-state index in [9.17, 15) is 13.2 Å². The number of rotatable bonds is 7. The fourth-order valence-electron chi connectivity index (χ4n) is 2.14. The van der Waals surface area contributed by atoms with E-state index in [1.165, 1.54) is 19.2 Å². The summed E-state index contributed by atoms with van der Waals surface area (Å²) in [5.41, 5.74) is 1.23. The molecule has 0 aromatic heterocycles. The Hall–Kier alpha value is -2.58. The Kier molecular flexibility index (Phi) is 6.00. The van der Waals surface area contributed by atoms with E-state index in [0.29, 0.717) is 22.7 Å². The molecule has 8 heteroatoms. The monoisotopic (exact) mass is 364 g/mol. The largest absolute Gasteiger partial charge is 0.497 e. The average molecular weight is 364 g/mol. The third kappa shape index (κ3) is 4.94. The Morgan fingerprint density at radius 2 is 1.72 bits per heavy atom. The van der Waals surface area contributed by atoms with Crippen molar-refractivity contribution in [2.45, 2.75) is 11.8 Å². The van der Waals surface area contributed by atoms with Gasteiger partial charge in [-0.05, 0) is 55.0 Å². The molecule has 0 saturated carbocycles. The van der Waals surface area contributed by atoms with Gasteiger partial charge in [0.1, 0.15) is 11.5 Å². The predicted molar refractivity (Wildman–Crippen MR) is 94.5 cm³/mol. The lowest BCUT2D eigenvalue weighted by Gasteiger charge is -2.10. The molecule has 0 bridgehead atoms. The molecular formula is C17H20N2O5S.